The fraction of sp³-hybridized carbons (Fsp3) is 0.923. The number of hydrogen-bond donors (Lipinski definition) is 2. The summed E-state index contributed by atoms with van der Waals surface area (Å²) in [5, 5.41) is 12.3. The molecule has 1 aliphatic carbocycles. The third-order valence-corrected chi connectivity index (χ3v) is 3.45. The predicted octanol–water partition coefficient (Wildman–Crippen LogP) is 0.994. The largest absolute Gasteiger partial charge is 0.392 e. The van der Waals surface area contributed by atoms with Gasteiger partial charge in [0.25, 0.3) is 0 Å². The van der Waals surface area contributed by atoms with Crippen LogP contribution in [0.4, 0.5) is 0 Å². The number of hydrogen-bond acceptors (Lipinski definition) is 3. The summed E-state index contributed by atoms with van der Waals surface area (Å²) in [5.74, 6) is 0.668. The highest BCUT2D eigenvalue weighted by atomic mass is 16.3. The predicted molar refractivity (Wildman–Crippen MR) is 68.7 cm³/mol. The van der Waals surface area contributed by atoms with Crippen molar-refractivity contribution < 1.29 is 9.90 Å². The summed E-state index contributed by atoms with van der Waals surface area (Å²) in [6, 6.07) is 0.344. The zero-order valence-electron chi connectivity index (χ0n) is 11.3. The van der Waals surface area contributed by atoms with Gasteiger partial charge in [-0.15, -0.1) is 0 Å². The molecule has 0 saturated heterocycles. The van der Waals surface area contributed by atoms with Gasteiger partial charge >= 0.3 is 0 Å². The molecule has 1 rings (SSSR count). The van der Waals surface area contributed by atoms with E-state index in [4.69, 9.17) is 0 Å². The Morgan fingerprint density at radius 1 is 1.47 bits per heavy atom. The average molecular weight is 242 g/mol. The number of nitrogens with one attached hydrogen (secondary N) is 1. The highest BCUT2D eigenvalue weighted by molar-refractivity contribution is 5.78. The monoisotopic (exact) mass is 242 g/mol. The molecule has 4 nitrogen and oxygen atoms in total. The van der Waals surface area contributed by atoms with Crippen molar-refractivity contribution in [3.63, 3.8) is 0 Å². The first kappa shape index (κ1) is 14.5. The van der Waals surface area contributed by atoms with Crippen molar-refractivity contribution in [1.82, 2.24) is 10.2 Å². The minimum atomic E-state index is -0.388. The van der Waals surface area contributed by atoms with Gasteiger partial charge in [0.2, 0.25) is 5.91 Å². The van der Waals surface area contributed by atoms with E-state index in [1.165, 1.54) is 19.3 Å². The lowest BCUT2D eigenvalue weighted by Gasteiger charge is -2.30. The van der Waals surface area contributed by atoms with Gasteiger partial charge in [0.1, 0.15) is 0 Å². The Bertz CT molecular complexity index is 244. The Morgan fingerprint density at radius 2 is 2.12 bits per heavy atom. The molecule has 2 N–H and O–H groups in total. The molecule has 17 heavy (non-hydrogen) atoms. The molecular formula is C13H26N2O2. The standard InChI is InChI=1S/C13H26N2O2/c1-10-6-4-5-7-12(10)14-13(17)9-15(3)8-11(2)16/h10-12,16H,4-9H2,1-3H3,(H,14,17). The van der Waals surface area contributed by atoms with Gasteiger partial charge in [-0.05, 0) is 32.7 Å². The second kappa shape index (κ2) is 6.97. The van der Waals surface area contributed by atoms with Crippen molar-refractivity contribution >= 4 is 5.91 Å². The normalized spacial score (nSPS) is 26.9. The summed E-state index contributed by atoms with van der Waals surface area (Å²) < 4.78 is 0. The molecule has 3 atom stereocenters. The maximum Gasteiger partial charge on any atom is 0.234 e. The molecule has 4 heteroatoms. The maximum atomic E-state index is 11.8. The van der Waals surface area contributed by atoms with Crippen LogP contribution < -0.4 is 5.32 Å². The second-order valence-corrected chi connectivity index (χ2v) is 5.48. The number of aliphatic hydroxyl groups is 1. The average Bonchev–Trinajstić information content (AvgIpc) is 2.19. The molecule has 0 aromatic rings. The van der Waals surface area contributed by atoms with E-state index >= 15 is 0 Å². The molecule has 1 aliphatic rings. The highest BCUT2D eigenvalue weighted by Crippen LogP contribution is 2.23. The number of likely N-dealkylation sites (N-methyl/N-ethyl adjacent to an activating group) is 1. The van der Waals surface area contributed by atoms with Crippen LogP contribution in [0.3, 0.4) is 0 Å². The number of rotatable bonds is 5. The Balaban J connectivity index is 2.28. The molecule has 0 spiro atoms. The van der Waals surface area contributed by atoms with E-state index in [0.29, 0.717) is 25.0 Å². The van der Waals surface area contributed by atoms with Gasteiger partial charge in [0.05, 0.1) is 12.6 Å². The summed E-state index contributed by atoms with van der Waals surface area (Å²) >= 11 is 0. The molecule has 0 aliphatic heterocycles. The van der Waals surface area contributed by atoms with Crippen LogP contribution in [0.5, 0.6) is 0 Å². The minimum Gasteiger partial charge on any atom is -0.392 e. The van der Waals surface area contributed by atoms with E-state index in [9.17, 15) is 9.90 Å². The quantitative estimate of drug-likeness (QED) is 0.756. The molecule has 1 fully saturated rings. The van der Waals surface area contributed by atoms with E-state index in [1.807, 2.05) is 11.9 Å². The van der Waals surface area contributed by atoms with E-state index in [-0.39, 0.29) is 12.0 Å². The molecule has 1 saturated carbocycles. The van der Waals surface area contributed by atoms with E-state index in [1.54, 1.807) is 6.92 Å². The van der Waals surface area contributed by atoms with Gasteiger partial charge in [0, 0.05) is 12.6 Å². The molecule has 0 bridgehead atoms. The van der Waals surface area contributed by atoms with Crippen LogP contribution in [0.1, 0.15) is 39.5 Å². The van der Waals surface area contributed by atoms with Gasteiger partial charge < -0.3 is 10.4 Å². The third kappa shape index (κ3) is 5.50. The van der Waals surface area contributed by atoms with Crippen molar-refractivity contribution in [3.8, 4) is 0 Å². The van der Waals surface area contributed by atoms with Crippen LogP contribution in [-0.4, -0.2) is 48.2 Å². The zero-order valence-corrected chi connectivity index (χ0v) is 11.3. The van der Waals surface area contributed by atoms with Crippen LogP contribution in [0, 0.1) is 5.92 Å². The molecule has 1 amide bonds. The van der Waals surface area contributed by atoms with Crippen LogP contribution >= 0.6 is 0 Å². The maximum absolute atomic E-state index is 11.8. The van der Waals surface area contributed by atoms with Gasteiger partial charge in [0.15, 0.2) is 0 Å². The van der Waals surface area contributed by atoms with E-state index < -0.39 is 0 Å². The van der Waals surface area contributed by atoms with Gasteiger partial charge in [-0.3, -0.25) is 9.69 Å². The summed E-state index contributed by atoms with van der Waals surface area (Å²) in [4.78, 5) is 13.7. The topological polar surface area (TPSA) is 52.6 Å². The van der Waals surface area contributed by atoms with Crippen molar-refractivity contribution in [2.75, 3.05) is 20.1 Å². The molecule has 3 unspecified atom stereocenters. The summed E-state index contributed by atoms with van der Waals surface area (Å²) in [6.45, 7) is 4.85. The lowest BCUT2D eigenvalue weighted by molar-refractivity contribution is -0.123. The first-order chi connectivity index (χ1) is 7.99. The third-order valence-electron chi connectivity index (χ3n) is 3.45. The Morgan fingerprint density at radius 3 is 2.71 bits per heavy atom. The van der Waals surface area contributed by atoms with Crippen LogP contribution in [0.15, 0.2) is 0 Å². The molecule has 0 aromatic carbocycles. The van der Waals surface area contributed by atoms with Crippen LogP contribution in [0.2, 0.25) is 0 Å². The van der Waals surface area contributed by atoms with Gasteiger partial charge in [-0.25, -0.2) is 0 Å². The molecular weight excluding hydrogens is 216 g/mol. The highest BCUT2D eigenvalue weighted by Gasteiger charge is 2.23. The van der Waals surface area contributed by atoms with Crippen molar-refractivity contribution in [3.05, 3.63) is 0 Å². The summed E-state index contributed by atoms with van der Waals surface area (Å²) in [7, 11) is 1.86. The van der Waals surface area contributed by atoms with Crippen LogP contribution in [-0.2, 0) is 4.79 Å². The Labute approximate surface area is 104 Å². The first-order valence-corrected chi connectivity index (χ1v) is 6.65. The Kier molecular flexibility index (Phi) is 5.92. The molecule has 0 aromatic heterocycles. The zero-order chi connectivity index (χ0) is 12.8. The number of nitrogens with zero attached hydrogens (tertiary/aromatic N) is 1. The lowest BCUT2D eigenvalue weighted by atomic mass is 9.86. The lowest BCUT2D eigenvalue weighted by Crippen LogP contribution is -2.45. The van der Waals surface area contributed by atoms with Gasteiger partial charge in [-0.1, -0.05) is 19.8 Å². The van der Waals surface area contributed by atoms with Crippen molar-refractivity contribution in [2.24, 2.45) is 5.92 Å². The smallest absolute Gasteiger partial charge is 0.234 e. The fourth-order valence-corrected chi connectivity index (χ4v) is 2.54. The van der Waals surface area contributed by atoms with Crippen LogP contribution in [0.25, 0.3) is 0 Å². The van der Waals surface area contributed by atoms with Crippen molar-refractivity contribution in [1.29, 1.82) is 0 Å². The number of carbonyl (C=O) groups excluding carboxylic acids is 1. The number of carbonyl (C=O) groups is 1. The van der Waals surface area contributed by atoms with E-state index in [2.05, 4.69) is 12.2 Å². The molecule has 0 radical (unpaired) electrons. The summed E-state index contributed by atoms with van der Waals surface area (Å²) in [6.07, 6.45) is 4.44. The molecule has 0 heterocycles. The number of aliphatic hydroxyl groups excluding tert-OH is 1. The molecule has 100 valence electrons. The first-order valence-electron chi connectivity index (χ1n) is 6.65. The van der Waals surface area contributed by atoms with Gasteiger partial charge in [-0.2, -0.15) is 0 Å². The SMILES string of the molecule is CC(O)CN(C)CC(=O)NC1CCCCC1C. The van der Waals surface area contributed by atoms with Crippen molar-refractivity contribution in [2.45, 2.75) is 51.7 Å². The Hall–Kier alpha value is -0.610. The minimum absolute atomic E-state index is 0.0758. The number of amides is 1. The summed E-state index contributed by atoms with van der Waals surface area (Å²) in [5.41, 5.74) is 0. The van der Waals surface area contributed by atoms with E-state index in [0.717, 1.165) is 6.42 Å². The second-order valence-electron chi connectivity index (χ2n) is 5.48. The fourth-order valence-electron chi connectivity index (χ4n) is 2.54.